The summed E-state index contributed by atoms with van der Waals surface area (Å²) in [5.41, 5.74) is 1.47. The van der Waals surface area contributed by atoms with Crippen molar-refractivity contribution < 1.29 is 9.53 Å². The third-order valence-electron chi connectivity index (χ3n) is 3.27. The molecule has 6 nitrogen and oxygen atoms in total. The zero-order valence-corrected chi connectivity index (χ0v) is 14.6. The topological polar surface area (TPSA) is 76.1 Å². The van der Waals surface area contributed by atoms with E-state index < -0.39 is 0 Å². The zero-order valence-electron chi connectivity index (χ0n) is 13.8. The molecule has 0 aliphatic heterocycles. The van der Waals surface area contributed by atoms with E-state index in [-0.39, 0.29) is 5.91 Å². The lowest BCUT2D eigenvalue weighted by Crippen LogP contribution is -2.28. The highest BCUT2D eigenvalue weighted by atomic mass is 35.5. The molecule has 1 amide bonds. The molecule has 1 heterocycles. The summed E-state index contributed by atoms with van der Waals surface area (Å²) in [6.45, 7) is 3.34. The second-order valence-electron chi connectivity index (χ2n) is 5.24. The SMILES string of the molecule is COCCNC(=O)c1cc(NCCc2cccc(Cl)c2)nc(C)n1. The number of nitrogens with one attached hydrogen (secondary N) is 2. The van der Waals surface area contributed by atoms with E-state index in [1.165, 1.54) is 0 Å². The molecule has 0 bridgehead atoms. The van der Waals surface area contributed by atoms with Gasteiger partial charge in [0, 0.05) is 31.3 Å². The van der Waals surface area contributed by atoms with Gasteiger partial charge in [0.15, 0.2) is 0 Å². The number of methoxy groups -OCH3 is 1. The number of carbonyl (C=O) groups excluding carboxylic acids is 1. The Bertz CT molecular complexity index is 694. The molecule has 0 aliphatic carbocycles. The first-order valence-electron chi connectivity index (χ1n) is 7.69. The monoisotopic (exact) mass is 348 g/mol. The molecule has 0 radical (unpaired) electrons. The predicted molar refractivity (Wildman–Crippen MR) is 94.6 cm³/mol. The maximum atomic E-state index is 12.1. The Balaban J connectivity index is 1.94. The minimum Gasteiger partial charge on any atom is -0.383 e. The van der Waals surface area contributed by atoms with Crippen molar-refractivity contribution in [3.8, 4) is 0 Å². The van der Waals surface area contributed by atoms with Crippen LogP contribution in [0.25, 0.3) is 0 Å². The summed E-state index contributed by atoms with van der Waals surface area (Å²) in [6, 6.07) is 9.37. The minimum atomic E-state index is -0.240. The number of aryl methyl sites for hydroxylation is 1. The largest absolute Gasteiger partial charge is 0.383 e. The van der Waals surface area contributed by atoms with Gasteiger partial charge in [-0.25, -0.2) is 9.97 Å². The number of hydrogen-bond donors (Lipinski definition) is 2. The minimum absolute atomic E-state index is 0.240. The second-order valence-corrected chi connectivity index (χ2v) is 5.68. The summed E-state index contributed by atoms with van der Waals surface area (Å²) >= 11 is 5.97. The molecule has 0 fully saturated rings. The van der Waals surface area contributed by atoms with Crippen molar-refractivity contribution in [2.45, 2.75) is 13.3 Å². The van der Waals surface area contributed by atoms with Gasteiger partial charge in [0.2, 0.25) is 0 Å². The number of aromatic nitrogens is 2. The van der Waals surface area contributed by atoms with E-state index in [9.17, 15) is 4.79 Å². The number of carbonyl (C=O) groups is 1. The van der Waals surface area contributed by atoms with Crippen molar-refractivity contribution >= 4 is 23.3 Å². The van der Waals surface area contributed by atoms with E-state index in [2.05, 4.69) is 20.6 Å². The molecule has 2 rings (SSSR count). The van der Waals surface area contributed by atoms with Gasteiger partial charge in [0.1, 0.15) is 17.3 Å². The molecule has 0 saturated heterocycles. The fraction of sp³-hybridized carbons (Fsp3) is 0.353. The summed E-state index contributed by atoms with van der Waals surface area (Å²) < 4.78 is 4.91. The molecule has 2 N–H and O–H groups in total. The Morgan fingerprint density at radius 2 is 2.08 bits per heavy atom. The standard InChI is InChI=1S/C17H21ClN4O2/c1-12-21-15(17(23)20-8-9-24-2)11-16(22-12)19-7-6-13-4-3-5-14(18)10-13/h3-5,10-11H,6-9H2,1-2H3,(H,20,23)(H,19,21,22). The van der Waals surface area contributed by atoms with Crippen molar-refractivity contribution in [2.75, 3.05) is 32.1 Å². The van der Waals surface area contributed by atoms with E-state index in [4.69, 9.17) is 16.3 Å². The fourth-order valence-electron chi connectivity index (χ4n) is 2.16. The molecule has 24 heavy (non-hydrogen) atoms. The highest BCUT2D eigenvalue weighted by Gasteiger charge is 2.10. The molecule has 0 spiro atoms. The van der Waals surface area contributed by atoms with Crippen LogP contribution in [0.1, 0.15) is 21.9 Å². The smallest absolute Gasteiger partial charge is 0.270 e. The highest BCUT2D eigenvalue weighted by molar-refractivity contribution is 6.30. The predicted octanol–water partition coefficient (Wildman–Crippen LogP) is 2.47. The summed E-state index contributed by atoms with van der Waals surface area (Å²) in [5, 5.41) is 6.69. The third-order valence-corrected chi connectivity index (χ3v) is 3.51. The highest BCUT2D eigenvalue weighted by Crippen LogP contribution is 2.12. The van der Waals surface area contributed by atoms with Crippen LogP contribution in [-0.4, -0.2) is 42.7 Å². The van der Waals surface area contributed by atoms with Gasteiger partial charge in [-0.2, -0.15) is 0 Å². The maximum Gasteiger partial charge on any atom is 0.270 e. The van der Waals surface area contributed by atoms with Gasteiger partial charge < -0.3 is 15.4 Å². The first-order valence-corrected chi connectivity index (χ1v) is 8.07. The lowest BCUT2D eigenvalue weighted by Gasteiger charge is -2.09. The molecule has 128 valence electrons. The van der Waals surface area contributed by atoms with Gasteiger partial charge >= 0.3 is 0 Å². The van der Waals surface area contributed by atoms with Gasteiger partial charge in [-0.05, 0) is 31.0 Å². The van der Waals surface area contributed by atoms with Crippen LogP contribution in [0.15, 0.2) is 30.3 Å². The quantitative estimate of drug-likeness (QED) is 0.717. The first kappa shape index (κ1) is 18.2. The van der Waals surface area contributed by atoms with Crippen molar-refractivity contribution in [1.29, 1.82) is 0 Å². The van der Waals surface area contributed by atoms with Crippen LogP contribution in [0, 0.1) is 6.92 Å². The van der Waals surface area contributed by atoms with E-state index in [0.717, 1.165) is 17.0 Å². The van der Waals surface area contributed by atoms with Crippen molar-refractivity contribution in [1.82, 2.24) is 15.3 Å². The molecule has 1 aromatic heterocycles. The summed E-state index contributed by atoms with van der Waals surface area (Å²) in [4.78, 5) is 20.5. The lowest BCUT2D eigenvalue weighted by atomic mass is 10.1. The van der Waals surface area contributed by atoms with Crippen molar-refractivity contribution in [3.05, 3.63) is 52.4 Å². The third kappa shape index (κ3) is 5.79. The Hall–Kier alpha value is -2.18. The van der Waals surface area contributed by atoms with Gasteiger partial charge in [0.25, 0.3) is 5.91 Å². The average molecular weight is 349 g/mol. The van der Waals surface area contributed by atoms with Crippen LogP contribution >= 0.6 is 11.6 Å². The summed E-state index contributed by atoms with van der Waals surface area (Å²) in [7, 11) is 1.59. The molecule has 0 saturated carbocycles. The Kier molecular flexibility index (Phi) is 6.96. The lowest BCUT2D eigenvalue weighted by molar-refractivity contribution is 0.0931. The number of amides is 1. The van der Waals surface area contributed by atoms with Crippen molar-refractivity contribution in [3.63, 3.8) is 0 Å². The number of benzene rings is 1. The van der Waals surface area contributed by atoms with Gasteiger partial charge in [0.05, 0.1) is 6.61 Å². The Morgan fingerprint density at radius 3 is 2.83 bits per heavy atom. The van der Waals surface area contributed by atoms with E-state index in [1.807, 2.05) is 24.3 Å². The molecule has 7 heteroatoms. The van der Waals surface area contributed by atoms with Crippen LogP contribution in [0.2, 0.25) is 5.02 Å². The summed E-state index contributed by atoms with van der Waals surface area (Å²) in [6.07, 6.45) is 0.805. The maximum absolute atomic E-state index is 12.1. The fourth-order valence-corrected chi connectivity index (χ4v) is 2.37. The molecular weight excluding hydrogens is 328 g/mol. The molecule has 0 unspecified atom stereocenters. The first-order chi connectivity index (χ1) is 11.6. The van der Waals surface area contributed by atoms with E-state index >= 15 is 0 Å². The van der Waals surface area contributed by atoms with Gasteiger partial charge in [-0.15, -0.1) is 0 Å². The number of halogens is 1. The molecule has 0 atom stereocenters. The van der Waals surface area contributed by atoms with Crippen LogP contribution in [-0.2, 0) is 11.2 Å². The van der Waals surface area contributed by atoms with E-state index in [0.29, 0.717) is 37.0 Å². The van der Waals surface area contributed by atoms with Crippen LogP contribution in [0.5, 0.6) is 0 Å². The molecule has 2 aromatic rings. The van der Waals surface area contributed by atoms with Crippen LogP contribution in [0.4, 0.5) is 5.82 Å². The van der Waals surface area contributed by atoms with Crippen LogP contribution in [0.3, 0.4) is 0 Å². The molecule has 1 aromatic carbocycles. The normalized spacial score (nSPS) is 10.5. The van der Waals surface area contributed by atoms with E-state index in [1.54, 1.807) is 20.1 Å². The zero-order chi connectivity index (χ0) is 17.4. The number of rotatable bonds is 8. The molecular formula is C17H21ClN4O2. The number of anilines is 1. The Morgan fingerprint density at radius 1 is 1.25 bits per heavy atom. The van der Waals surface area contributed by atoms with Crippen molar-refractivity contribution in [2.24, 2.45) is 0 Å². The van der Waals surface area contributed by atoms with Gasteiger partial charge in [-0.3, -0.25) is 4.79 Å². The average Bonchev–Trinajstić information content (AvgIpc) is 2.54. The summed E-state index contributed by atoms with van der Waals surface area (Å²) in [5.74, 6) is 0.927. The van der Waals surface area contributed by atoms with Crippen LogP contribution < -0.4 is 10.6 Å². The number of ether oxygens (including phenoxy) is 1. The molecule has 0 aliphatic rings. The second kappa shape index (κ2) is 9.20. The number of hydrogen-bond acceptors (Lipinski definition) is 5. The number of nitrogens with zero attached hydrogens (tertiary/aromatic N) is 2. The van der Waals surface area contributed by atoms with Gasteiger partial charge in [-0.1, -0.05) is 23.7 Å². The Labute approximate surface area is 146 Å².